The molecule has 1 N–H and O–H groups in total. The van der Waals surface area contributed by atoms with E-state index in [0.717, 1.165) is 36.1 Å². The predicted molar refractivity (Wildman–Crippen MR) is 107 cm³/mol. The summed E-state index contributed by atoms with van der Waals surface area (Å²) >= 11 is 0. The van der Waals surface area contributed by atoms with E-state index in [4.69, 9.17) is 0 Å². The minimum absolute atomic E-state index is 0.183. The quantitative estimate of drug-likeness (QED) is 0.645. The van der Waals surface area contributed by atoms with Gasteiger partial charge in [-0.15, -0.1) is 0 Å². The first kappa shape index (κ1) is 19.6. The second-order valence-electron chi connectivity index (χ2n) is 7.08. The van der Waals surface area contributed by atoms with Crippen LogP contribution in [-0.2, 0) is 22.8 Å². The highest BCUT2D eigenvalue weighted by molar-refractivity contribution is 7.91. The Kier molecular flexibility index (Phi) is 5.36. The first-order valence-electron chi connectivity index (χ1n) is 9.43. The molecule has 1 aromatic heterocycles. The number of nitrogens with one attached hydrogen (secondary N) is 1. The molecule has 0 saturated heterocycles. The van der Waals surface area contributed by atoms with Crippen molar-refractivity contribution in [1.29, 1.82) is 0 Å². The van der Waals surface area contributed by atoms with Crippen molar-refractivity contribution in [2.24, 2.45) is 0 Å². The van der Waals surface area contributed by atoms with E-state index in [9.17, 15) is 17.2 Å². The summed E-state index contributed by atoms with van der Waals surface area (Å²) in [6.45, 7) is 0.652. The fraction of sp³-hybridized carbons (Fsp3) is 0.286. The summed E-state index contributed by atoms with van der Waals surface area (Å²) in [5.74, 6) is -3.46. The number of halogens is 2. The van der Waals surface area contributed by atoms with Gasteiger partial charge in [-0.05, 0) is 37.0 Å². The van der Waals surface area contributed by atoms with Crippen LogP contribution in [0, 0.1) is 0 Å². The highest BCUT2D eigenvalue weighted by atomic mass is 32.2. The summed E-state index contributed by atoms with van der Waals surface area (Å²) in [5, 5.41) is 7.70. The highest BCUT2D eigenvalue weighted by Crippen LogP contribution is 2.35. The number of benzene rings is 2. The third-order valence-electron chi connectivity index (χ3n) is 5.20. The van der Waals surface area contributed by atoms with Crippen LogP contribution in [0.4, 0.5) is 14.5 Å². The molecule has 5 nitrogen and oxygen atoms in total. The number of anilines is 1. The Morgan fingerprint density at radius 2 is 1.83 bits per heavy atom. The minimum Gasteiger partial charge on any atom is -0.377 e. The van der Waals surface area contributed by atoms with Crippen LogP contribution in [0.3, 0.4) is 0 Å². The van der Waals surface area contributed by atoms with Gasteiger partial charge in [0.1, 0.15) is 0 Å². The summed E-state index contributed by atoms with van der Waals surface area (Å²) in [7, 11) is -4.69. The number of alkyl halides is 2. The lowest BCUT2D eigenvalue weighted by Crippen LogP contribution is -2.21. The number of para-hydroxylation sites is 1. The summed E-state index contributed by atoms with van der Waals surface area (Å²) < 4.78 is 52.2. The third kappa shape index (κ3) is 3.89. The standard InChI is InChI=1S/C21H21F2N3O2S/c22-21(23)29(27,28)20-12-5-4-9-18(20)25-17-10-6-11-19-16(17)13-24-26(19)14-15-7-2-1-3-8-15/h1-5,7-9,12-13,17,21,25H,6,10-11,14H2. The average Bonchev–Trinajstić information content (AvgIpc) is 3.13. The van der Waals surface area contributed by atoms with Gasteiger partial charge in [0.2, 0.25) is 9.84 Å². The van der Waals surface area contributed by atoms with E-state index in [1.54, 1.807) is 12.3 Å². The van der Waals surface area contributed by atoms with Crippen molar-refractivity contribution in [3.8, 4) is 0 Å². The van der Waals surface area contributed by atoms with Gasteiger partial charge in [0.25, 0.3) is 0 Å². The average molecular weight is 417 g/mol. The molecule has 2 aromatic carbocycles. The van der Waals surface area contributed by atoms with Crippen molar-refractivity contribution in [2.75, 3.05) is 5.32 Å². The first-order valence-corrected chi connectivity index (χ1v) is 11.0. The van der Waals surface area contributed by atoms with Gasteiger partial charge >= 0.3 is 5.76 Å². The molecule has 0 saturated carbocycles. The molecule has 152 valence electrons. The molecular weight excluding hydrogens is 396 g/mol. The molecule has 3 aromatic rings. The summed E-state index contributed by atoms with van der Waals surface area (Å²) in [4.78, 5) is -0.376. The van der Waals surface area contributed by atoms with E-state index in [2.05, 4.69) is 10.4 Å². The lowest BCUT2D eigenvalue weighted by molar-refractivity contribution is 0.235. The summed E-state index contributed by atoms with van der Waals surface area (Å²) in [6.07, 6.45) is 4.33. The number of hydrogen-bond acceptors (Lipinski definition) is 4. The van der Waals surface area contributed by atoms with Crippen molar-refractivity contribution in [3.63, 3.8) is 0 Å². The van der Waals surface area contributed by atoms with Crippen LogP contribution >= 0.6 is 0 Å². The van der Waals surface area contributed by atoms with E-state index < -0.39 is 15.6 Å². The summed E-state index contributed by atoms with van der Waals surface area (Å²) in [6, 6.07) is 15.6. The Labute approximate surface area is 168 Å². The van der Waals surface area contributed by atoms with Gasteiger partial charge < -0.3 is 5.32 Å². The van der Waals surface area contributed by atoms with Gasteiger partial charge in [0, 0.05) is 11.3 Å². The molecule has 0 amide bonds. The number of hydrogen-bond donors (Lipinski definition) is 1. The first-order chi connectivity index (χ1) is 14.0. The summed E-state index contributed by atoms with van der Waals surface area (Å²) in [5.41, 5.74) is 3.41. The highest BCUT2D eigenvalue weighted by Gasteiger charge is 2.31. The molecule has 1 aliphatic carbocycles. The Morgan fingerprint density at radius 3 is 2.59 bits per heavy atom. The lowest BCUT2D eigenvalue weighted by atomic mass is 9.92. The number of rotatable bonds is 6. The van der Waals surface area contributed by atoms with E-state index in [1.165, 1.54) is 18.2 Å². The zero-order chi connectivity index (χ0) is 20.4. The van der Waals surface area contributed by atoms with Crippen molar-refractivity contribution in [2.45, 2.75) is 42.5 Å². The van der Waals surface area contributed by atoms with Crippen LogP contribution in [0.5, 0.6) is 0 Å². The van der Waals surface area contributed by atoms with Gasteiger partial charge in [-0.1, -0.05) is 42.5 Å². The zero-order valence-electron chi connectivity index (χ0n) is 15.6. The largest absolute Gasteiger partial charge is 0.377 e. The number of nitrogens with zero attached hydrogens (tertiary/aromatic N) is 2. The number of fused-ring (bicyclic) bond motifs is 1. The second-order valence-corrected chi connectivity index (χ2v) is 8.97. The van der Waals surface area contributed by atoms with Crippen molar-refractivity contribution < 1.29 is 17.2 Å². The third-order valence-corrected chi connectivity index (χ3v) is 6.63. The molecule has 4 rings (SSSR count). The van der Waals surface area contributed by atoms with Crippen LogP contribution < -0.4 is 5.32 Å². The van der Waals surface area contributed by atoms with Gasteiger partial charge in [-0.2, -0.15) is 13.9 Å². The molecule has 0 radical (unpaired) electrons. The fourth-order valence-electron chi connectivity index (χ4n) is 3.78. The van der Waals surface area contributed by atoms with Gasteiger partial charge in [0.05, 0.1) is 29.4 Å². The van der Waals surface area contributed by atoms with E-state index in [-0.39, 0.29) is 16.6 Å². The van der Waals surface area contributed by atoms with Crippen molar-refractivity contribution in [3.05, 3.63) is 77.6 Å². The molecule has 0 fully saturated rings. The SMILES string of the molecule is O=S(=O)(c1ccccc1NC1CCCc2c1cnn2Cc1ccccc1)C(F)F. The number of aromatic nitrogens is 2. The molecule has 1 aliphatic rings. The van der Waals surface area contributed by atoms with Gasteiger partial charge in [-0.25, -0.2) is 8.42 Å². The van der Waals surface area contributed by atoms with E-state index >= 15 is 0 Å². The smallest absolute Gasteiger partial charge is 0.341 e. The van der Waals surface area contributed by atoms with E-state index in [1.807, 2.05) is 35.0 Å². The molecule has 0 spiro atoms. The zero-order valence-corrected chi connectivity index (χ0v) is 16.4. The van der Waals surface area contributed by atoms with Crippen LogP contribution in [0.15, 0.2) is 65.7 Å². The Morgan fingerprint density at radius 1 is 1.10 bits per heavy atom. The van der Waals surface area contributed by atoms with Crippen molar-refractivity contribution in [1.82, 2.24) is 9.78 Å². The Balaban J connectivity index is 1.62. The maximum Gasteiger partial charge on any atom is 0.341 e. The molecule has 1 unspecified atom stereocenters. The maximum atomic E-state index is 13.1. The molecule has 0 bridgehead atoms. The van der Waals surface area contributed by atoms with Gasteiger partial charge in [-0.3, -0.25) is 4.68 Å². The van der Waals surface area contributed by atoms with E-state index in [0.29, 0.717) is 6.54 Å². The monoisotopic (exact) mass is 417 g/mol. The normalized spacial score (nSPS) is 16.6. The van der Waals surface area contributed by atoms with Crippen molar-refractivity contribution >= 4 is 15.5 Å². The minimum atomic E-state index is -4.69. The van der Waals surface area contributed by atoms with Gasteiger partial charge in [0.15, 0.2) is 0 Å². The maximum absolute atomic E-state index is 13.1. The molecule has 1 heterocycles. The van der Waals surface area contributed by atoms with Crippen LogP contribution in [0.25, 0.3) is 0 Å². The van der Waals surface area contributed by atoms with Crippen LogP contribution in [-0.4, -0.2) is 24.0 Å². The predicted octanol–water partition coefficient (Wildman–Crippen LogP) is 4.42. The fourth-order valence-corrected chi connectivity index (χ4v) is 4.67. The Bertz CT molecular complexity index is 1100. The molecule has 8 heteroatoms. The lowest BCUT2D eigenvalue weighted by Gasteiger charge is -2.26. The topological polar surface area (TPSA) is 64.0 Å². The molecule has 1 atom stereocenters. The molecular formula is C21H21F2N3O2S. The number of sulfone groups is 1. The van der Waals surface area contributed by atoms with Crippen LogP contribution in [0.1, 0.15) is 35.7 Å². The van der Waals surface area contributed by atoms with Crippen LogP contribution in [0.2, 0.25) is 0 Å². The Hall–Kier alpha value is -2.74. The molecule has 0 aliphatic heterocycles. The molecule has 29 heavy (non-hydrogen) atoms. The second kappa shape index (κ2) is 7.94.